The molecule has 1 saturated carbocycles. The molecule has 8 nitrogen and oxygen atoms in total. The lowest BCUT2D eigenvalue weighted by atomic mass is 9.73. The second-order valence-corrected chi connectivity index (χ2v) is 10.3. The van der Waals surface area contributed by atoms with Crippen LogP contribution >= 0.6 is 0 Å². The lowest BCUT2D eigenvalue weighted by Gasteiger charge is -2.43. The zero-order chi connectivity index (χ0) is 23.7. The van der Waals surface area contributed by atoms with Gasteiger partial charge in [-0.05, 0) is 66.4 Å². The number of amides is 2. The maximum Gasteiger partial charge on any atom is 0.407 e. The summed E-state index contributed by atoms with van der Waals surface area (Å²) in [5, 5.41) is 11.4. The van der Waals surface area contributed by atoms with Gasteiger partial charge in [-0.25, -0.2) is 14.5 Å². The van der Waals surface area contributed by atoms with Crippen LogP contribution in [-0.2, 0) is 4.74 Å². The number of alkyl carbamates (subject to hydrolysis) is 1. The summed E-state index contributed by atoms with van der Waals surface area (Å²) in [7, 11) is 0. The normalized spacial score (nSPS) is 21.6. The van der Waals surface area contributed by atoms with E-state index in [-0.39, 0.29) is 17.9 Å². The molecule has 0 unspecified atom stereocenters. The number of hydrogen-bond donors (Lipinski definition) is 2. The number of ether oxygens (including phenoxy) is 1. The van der Waals surface area contributed by atoms with Crippen molar-refractivity contribution < 1.29 is 14.3 Å². The van der Waals surface area contributed by atoms with E-state index in [9.17, 15) is 9.59 Å². The van der Waals surface area contributed by atoms with E-state index in [0.717, 1.165) is 36.7 Å². The molecule has 0 spiro atoms. The van der Waals surface area contributed by atoms with Gasteiger partial charge in [0.15, 0.2) is 5.65 Å². The molecular formula is C24H37N5O3. The van der Waals surface area contributed by atoms with E-state index in [1.165, 1.54) is 0 Å². The molecule has 0 bridgehead atoms. The van der Waals surface area contributed by atoms with Crippen LogP contribution in [0.15, 0.2) is 12.3 Å². The SMILES string of the molecule is Cc1nc2c(cnn2C(C)C)cc1C(=O)N[C@]1(CNC(=O)OC(C)(C)C)CCCC[C@@H]1C. The zero-order valence-corrected chi connectivity index (χ0v) is 20.4. The van der Waals surface area contributed by atoms with E-state index in [1.807, 2.05) is 38.4 Å². The van der Waals surface area contributed by atoms with Crippen LogP contribution in [0.2, 0.25) is 0 Å². The van der Waals surface area contributed by atoms with Crippen molar-refractivity contribution >= 4 is 23.0 Å². The molecule has 2 heterocycles. The number of hydrogen-bond acceptors (Lipinski definition) is 5. The van der Waals surface area contributed by atoms with Gasteiger partial charge in [-0.1, -0.05) is 19.8 Å². The van der Waals surface area contributed by atoms with E-state index >= 15 is 0 Å². The summed E-state index contributed by atoms with van der Waals surface area (Å²) in [5.74, 6) is 0.0461. The average molecular weight is 444 g/mol. The molecule has 2 N–H and O–H groups in total. The van der Waals surface area contributed by atoms with Crippen molar-refractivity contribution in [3.05, 3.63) is 23.5 Å². The zero-order valence-electron chi connectivity index (χ0n) is 20.4. The van der Waals surface area contributed by atoms with Crippen LogP contribution in [0, 0.1) is 12.8 Å². The molecule has 8 heteroatoms. The Morgan fingerprint density at radius 3 is 2.66 bits per heavy atom. The van der Waals surface area contributed by atoms with Crippen molar-refractivity contribution in [2.75, 3.05) is 6.54 Å². The molecule has 1 fully saturated rings. The molecule has 1 aliphatic rings. The summed E-state index contributed by atoms with van der Waals surface area (Å²) in [5.41, 5.74) is 0.875. The van der Waals surface area contributed by atoms with E-state index in [2.05, 4.69) is 41.5 Å². The Bertz CT molecular complexity index is 991. The second kappa shape index (κ2) is 9.08. The Balaban J connectivity index is 1.84. The van der Waals surface area contributed by atoms with E-state index < -0.39 is 17.2 Å². The predicted octanol–water partition coefficient (Wildman–Crippen LogP) is 4.52. The number of carbonyl (C=O) groups excluding carboxylic acids is 2. The number of pyridine rings is 1. The molecule has 2 atom stereocenters. The van der Waals surface area contributed by atoms with Crippen LogP contribution in [-0.4, -0.2) is 44.4 Å². The number of aromatic nitrogens is 3. The number of carbonyl (C=O) groups is 2. The molecule has 3 rings (SSSR count). The molecule has 0 aromatic carbocycles. The minimum atomic E-state index is -0.572. The number of fused-ring (bicyclic) bond motifs is 1. The maximum absolute atomic E-state index is 13.4. The van der Waals surface area contributed by atoms with Crippen LogP contribution < -0.4 is 10.6 Å². The van der Waals surface area contributed by atoms with Crippen LogP contribution in [0.25, 0.3) is 11.0 Å². The lowest BCUT2D eigenvalue weighted by molar-refractivity contribution is 0.0469. The molecule has 0 saturated heterocycles. The summed E-state index contributed by atoms with van der Waals surface area (Å²) < 4.78 is 7.27. The van der Waals surface area contributed by atoms with Gasteiger partial charge in [-0.3, -0.25) is 4.79 Å². The fraction of sp³-hybridized carbons (Fsp3) is 0.667. The molecule has 0 radical (unpaired) electrons. The first kappa shape index (κ1) is 24.0. The Morgan fingerprint density at radius 2 is 2.03 bits per heavy atom. The second-order valence-electron chi connectivity index (χ2n) is 10.3. The van der Waals surface area contributed by atoms with Crippen molar-refractivity contribution in [2.24, 2.45) is 5.92 Å². The lowest BCUT2D eigenvalue weighted by Crippen LogP contribution is -2.61. The minimum Gasteiger partial charge on any atom is -0.444 e. The standard InChI is InChI=1S/C24H37N5O3/c1-15(2)29-20-18(13-26-29)12-19(17(4)27-20)21(30)28-24(11-9-8-10-16(24)3)14-25-22(31)32-23(5,6)7/h12-13,15-16H,8-11,14H2,1-7H3,(H,25,31)(H,28,30)/t16-,24-/m0/s1. The number of nitrogens with one attached hydrogen (secondary N) is 2. The van der Waals surface area contributed by atoms with Gasteiger partial charge in [0.2, 0.25) is 0 Å². The third kappa shape index (κ3) is 5.22. The molecule has 176 valence electrons. The van der Waals surface area contributed by atoms with Gasteiger partial charge in [0, 0.05) is 18.0 Å². The van der Waals surface area contributed by atoms with Gasteiger partial charge in [-0.15, -0.1) is 0 Å². The number of nitrogens with zero attached hydrogens (tertiary/aromatic N) is 3. The van der Waals surface area contributed by atoms with Crippen LogP contribution in [0.3, 0.4) is 0 Å². The molecule has 1 aliphatic carbocycles. The monoisotopic (exact) mass is 443 g/mol. The summed E-state index contributed by atoms with van der Waals surface area (Å²) in [4.78, 5) is 30.4. The number of aryl methyl sites for hydroxylation is 1. The molecular weight excluding hydrogens is 406 g/mol. The summed E-state index contributed by atoms with van der Waals surface area (Å²) in [6, 6.07) is 2.05. The highest BCUT2D eigenvalue weighted by Crippen LogP contribution is 2.34. The first-order valence-corrected chi connectivity index (χ1v) is 11.6. The van der Waals surface area contributed by atoms with Gasteiger partial charge >= 0.3 is 6.09 Å². The topological polar surface area (TPSA) is 98.1 Å². The van der Waals surface area contributed by atoms with Crippen LogP contribution in [0.4, 0.5) is 4.79 Å². The Hall–Kier alpha value is -2.64. The fourth-order valence-corrected chi connectivity index (χ4v) is 4.42. The van der Waals surface area contributed by atoms with Gasteiger partial charge in [0.1, 0.15) is 5.60 Å². The van der Waals surface area contributed by atoms with Gasteiger partial charge in [0.05, 0.1) is 23.0 Å². The van der Waals surface area contributed by atoms with Crippen LogP contribution in [0.1, 0.15) is 89.3 Å². The Kier molecular flexibility index (Phi) is 6.81. The minimum absolute atomic E-state index is 0.172. The molecule has 2 aromatic heterocycles. The summed E-state index contributed by atoms with van der Waals surface area (Å²) in [6.45, 7) is 13.9. The third-order valence-corrected chi connectivity index (χ3v) is 6.26. The van der Waals surface area contributed by atoms with Crippen LogP contribution in [0.5, 0.6) is 0 Å². The Labute approximate surface area is 190 Å². The molecule has 2 amide bonds. The smallest absolute Gasteiger partial charge is 0.407 e. The van der Waals surface area contributed by atoms with Crippen molar-refractivity contribution in [1.82, 2.24) is 25.4 Å². The maximum atomic E-state index is 13.4. The number of rotatable bonds is 5. The van der Waals surface area contributed by atoms with Gasteiger partial charge in [-0.2, -0.15) is 5.10 Å². The highest BCUT2D eigenvalue weighted by atomic mass is 16.6. The molecule has 32 heavy (non-hydrogen) atoms. The predicted molar refractivity (Wildman–Crippen MR) is 125 cm³/mol. The van der Waals surface area contributed by atoms with Gasteiger partial charge in [0.25, 0.3) is 5.91 Å². The average Bonchev–Trinajstić information content (AvgIpc) is 3.09. The van der Waals surface area contributed by atoms with E-state index in [1.54, 1.807) is 6.20 Å². The highest BCUT2D eigenvalue weighted by molar-refractivity contribution is 5.98. The Morgan fingerprint density at radius 1 is 1.31 bits per heavy atom. The van der Waals surface area contributed by atoms with Crippen molar-refractivity contribution in [3.8, 4) is 0 Å². The van der Waals surface area contributed by atoms with E-state index in [4.69, 9.17) is 4.74 Å². The molecule has 2 aromatic rings. The van der Waals surface area contributed by atoms with Crippen molar-refractivity contribution in [2.45, 2.75) is 91.3 Å². The summed E-state index contributed by atoms with van der Waals surface area (Å²) >= 11 is 0. The van der Waals surface area contributed by atoms with Crippen molar-refractivity contribution in [1.29, 1.82) is 0 Å². The third-order valence-electron chi connectivity index (χ3n) is 6.26. The molecule has 0 aliphatic heterocycles. The fourth-order valence-electron chi connectivity index (χ4n) is 4.42. The first-order chi connectivity index (χ1) is 14.9. The first-order valence-electron chi connectivity index (χ1n) is 11.6. The quantitative estimate of drug-likeness (QED) is 0.708. The van der Waals surface area contributed by atoms with Crippen molar-refractivity contribution in [3.63, 3.8) is 0 Å². The van der Waals surface area contributed by atoms with Gasteiger partial charge < -0.3 is 15.4 Å². The highest BCUT2D eigenvalue weighted by Gasteiger charge is 2.40. The largest absolute Gasteiger partial charge is 0.444 e. The van der Waals surface area contributed by atoms with E-state index in [0.29, 0.717) is 17.8 Å². The summed E-state index contributed by atoms with van der Waals surface area (Å²) in [6.07, 6.45) is 5.19.